The Morgan fingerprint density at radius 1 is 1.29 bits per heavy atom. The van der Waals surface area contributed by atoms with Crippen molar-refractivity contribution in [2.24, 2.45) is 0 Å². The predicted octanol–water partition coefficient (Wildman–Crippen LogP) is 2.14. The van der Waals surface area contributed by atoms with Crippen LogP contribution in [0, 0.1) is 0 Å². The maximum atomic E-state index is 5.74. The van der Waals surface area contributed by atoms with Crippen LogP contribution in [-0.2, 0) is 0 Å². The molecule has 0 unspecified atom stereocenters. The number of halogens is 1. The van der Waals surface area contributed by atoms with E-state index >= 15 is 0 Å². The van der Waals surface area contributed by atoms with E-state index < -0.39 is 0 Å². The molecule has 0 amide bonds. The van der Waals surface area contributed by atoms with Crippen molar-refractivity contribution in [3.63, 3.8) is 0 Å². The van der Waals surface area contributed by atoms with Gasteiger partial charge in [0.1, 0.15) is 5.69 Å². The second kappa shape index (κ2) is 3.81. The fourth-order valence-electron chi connectivity index (χ4n) is 1.57. The van der Waals surface area contributed by atoms with Gasteiger partial charge in [0, 0.05) is 6.20 Å². The summed E-state index contributed by atoms with van der Waals surface area (Å²) in [6, 6.07) is 7.42. The molecule has 0 spiro atoms. The lowest BCUT2D eigenvalue weighted by atomic mass is 10.3. The number of pyridine rings is 2. The molecule has 5 nitrogen and oxygen atoms in total. The molecule has 0 aromatic carbocycles. The number of hydrogen-bond acceptors (Lipinski definition) is 4. The van der Waals surface area contributed by atoms with Gasteiger partial charge in [-0.25, -0.2) is 9.50 Å². The molecule has 0 fully saturated rings. The van der Waals surface area contributed by atoms with Gasteiger partial charge in [-0.1, -0.05) is 6.07 Å². The average Bonchev–Trinajstić information content (AvgIpc) is 2.74. The summed E-state index contributed by atoms with van der Waals surface area (Å²) in [5.41, 5.74) is 7.82. The third-order valence-corrected chi connectivity index (χ3v) is 2.89. The third-order valence-electron chi connectivity index (χ3n) is 2.30. The lowest BCUT2D eigenvalue weighted by Gasteiger charge is -1.96. The molecule has 0 saturated heterocycles. The Morgan fingerprint density at radius 2 is 2.18 bits per heavy atom. The van der Waals surface area contributed by atoms with Crippen molar-refractivity contribution in [2.45, 2.75) is 0 Å². The minimum atomic E-state index is 0.580. The summed E-state index contributed by atoms with van der Waals surface area (Å²) in [6.07, 6.45) is 3.43. The second-order valence-electron chi connectivity index (χ2n) is 3.54. The number of rotatable bonds is 1. The Labute approximate surface area is 105 Å². The lowest BCUT2D eigenvalue weighted by Crippen LogP contribution is -1.93. The standard InChI is InChI=1S/C11H8BrN5/c12-8-5-7(13)6-17-11(8)15-10(16-17)9-3-1-2-4-14-9/h1-6H,13H2. The highest BCUT2D eigenvalue weighted by Crippen LogP contribution is 2.22. The van der Waals surface area contributed by atoms with Crippen molar-refractivity contribution in [3.8, 4) is 11.5 Å². The van der Waals surface area contributed by atoms with Crippen LogP contribution < -0.4 is 5.73 Å². The van der Waals surface area contributed by atoms with Gasteiger partial charge in [0.05, 0.1) is 16.4 Å². The molecule has 17 heavy (non-hydrogen) atoms. The summed E-state index contributed by atoms with van der Waals surface area (Å²) in [7, 11) is 0. The Morgan fingerprint density at radius 3 is 2.94 bits per heavy atom. The van der Waals surface area contributed by atoms with Crippen molar-refractivity contribution in [1.29, 1.82) is 0 Å². The van der Waals surface area contributed by atoms with E-state index in [0.29, 0.717) is 11.5 Å². The first-order valence-electron chi connectivity index (χ1n) is 4.97. The van der Waals surface area contributed by atoms with Gasteiger partial charge >= 0.3 is 0 Å². The SMILES string of the molecule is Nc1cc(Br)c2nc(-c3ccccn3)nn2c1. The van der Waals surface area contributed by atoms with Gasteiger partial charge < -0.3 is 5.73 Å². The summed E-state index contributed by atoms with van der Waals surface area (Å²) in [4.78, 5) is 8.62. The van der Waals surface area contributed by atoms with Crippen LogP contribution in [0.25, 0.3) is 17.2 Å². The van der Waals surface area contributed by atoms with E-state index in [4.69, 9.17) is 5.73 Å². The van der Waals surface area contributed by atoms with E-state index in [1.807, 2.05) is 18.2 Å². The van der Waals surface area contributed by atoms with E-state index in [1.54, 1.807) is 23.0 Å². The average molecular weight is 290 g/mol. The number of fused-ring (bicyclic) bond motifs is 1. The fourth-order valence-corrected chi connectivity index (χ4v) is 2.10. The normalized spacial score (nSPS) is 10.9. The number of nitrogens with zero attached hydrogens (tertiary/aromatic N) is 4. The van der Waals surface area contributed by atoms with Gasteiger partial charge in [-0.05, 0) is 34.1 Å². The molecule has 3 rings (SSSR count). The molecule has 0 atom stereocenters. The Bertz CT molecular complexity index is 677. The number of hydrogen-bond donors (Lipinski definition) is 1. The molecule has 3 aromatic rings. The quantitative estimate of drug-likeness (QED) is 0.745. The van der Waals surface area contributed by atoms with Crippen LogP contribution in [0.15, 0.2) is 41.1 Å². The molecule has 0 aliphatic carbocycles. The topological polar surface area (TPSA) is 69.1 Å². The Kier molecular flexibility index (Phi) is 2.29. The van der Waals surface area contributed by atoms with Crippen LogP contribution >= 0.6 is 15.9 Å². The highest BCUT2D eigenvalue weighted by molar-refractivity contribution is 9.10. The van der Waals surface area contributed by atoms with Crippen LogP contribution in [0.5, 0.6) is 0 Å². The van der Waals surface area contributed by atoms with E-state index in [1.165, 1.54) is 0 Å². The molecule has 6 heteroatoms. The van der Waals surface area contributed by atoms with Crippen LogP contribution in [0.2, 0.25) is 0 Å². The predicted molar refractivity (Wildman–Crippen MR) is 68.3 cm³/mol. The molecule has 0 bridgehead atoms. The summed E-state index contributed by atoms with van der Waals surface area (Å²) in [5.74, 6) is 0.580. The summed E-state index contributed by atoms with van der Waals surface area (Å²) < 4.78 is 2.45. The van der Waals surface area contributed by atoms with Crippen molar-refractivity contribution in [3.05, 3.63) is 41.1 Å². The first kappa shape index (κ1) is 10.2. The molecule has 3 heterocycles. The van der Waals surface area contributed by atoms with Crippen LogP contribution in [0.4, 0.5) is 5.69 Å². The smallest absolute Gasteiger partial charge is 0.200 e. The van der Waals surface area contributed by atoms with E-state index in [0.717, 1.165) is 15.8 Å². The first-order chi connectivity index (χ1) is 8.24. The molecule has 0 radical (unpaired) electrons. The highest BCUT2D eigenvalue weighted by Gasteiger charge is 2.09. The largest absolute Gasteiger partial charge is 0.397 e. The second-order valence-corrected chi connectivity index (χ2v) is 4.39. The van der Waals surface area contributed by atoms with Gasteiger partial charge in [0.15, 0.2) is 5.65 Å². The zero-order chi connectivity index (χ0) is 11.8. The molecule has 84 valence electrons. The monoisotopic (exact) mass is 289 g/mol. The summed E-state index contributed by atoms with van der Waals surface area (Å²) in [5, 5.41) is 4.34. The Balaban J connectivity index is 2.24. The van der Waals surface area contributed by atoms with Gasteiger partial charge in [-0.2, -0.15) is 0 Å². The third kappa shape index (κ3) is 1.76. The van der Waals surface area contributed by atoms with E-state index in [2.05, 4.69) is 31.0 Å². The fraction of sp³-hybridized carbons (Fsp3) is 0. The Hall–Kier alpha value is -1.95. The van der Waals surface area contributed by atoms with Crippen molar-refractivity contribution < 1.29 is 0 Å². The molecule has 0 aliphatic rings. The summed E-state index contributed by atoms with van der Waals surface area (Å²) >= 11 is 3.41. The van der Waals surface area contributed by atoms with Crippen molar-refractivity contribution in [2.75, 3.05) is 5.73 Å². The minimum Gasteiger partial charge on any atom is -0.397 e. The maximum Gasteiger partial charge on any atom is 0.200 e. The highest BCUT2D eigenvalue weighted by atomic mass is 79.9. The lowest BCUT2D eigenvalue weighted by molar-refractivity contribution is 0.962. The summed E-state index contributed by atoms with van der Waals surface area (Å²) in [6.45, 7) is 0. The van der Waals surface area contributed by atoms with Crippen molar-refractivity contribution in [1.82, 2.24) is 19.6 Å². The zero-order valence-electron chi connectivity index (χ0n) is 8.71. The van der Waals surface area contributed by atoms with E-state index in [9.17, 15) is 0 Å². The number of nitrogens with two attached hydrogens (primary N) is 1. The van der Waals surface area contributed by atoms with Gasteiger partial charge in [0.2, 0.25) is 5.82 Å². The minimum absolute atomic E-state index is 0.580. The van der Waals surface area contributed by atoms with E-state index in [-0.39, 0.29) is 0 Å². The molecular weight excluding hydrogens is 282 g/mol. The number of anilines is 1. The van der Waals surface area contributed by atoms with Gasteiger partial charge in [0.25, 0.3) is 0 Å². The molecule has 0 aliphatic heterocycles. The molecule has 2 N–H and O–H groups in total. The first-order valence-corrected chi connectivity index (χ1v) is 5.76. The molecule has 3 aromatic heterocycles. The number of aromatic nitrogens is 4. The van der Waals surface area contributed by atoms with Crippen molar-refractivity contribution >= 4 is 27.3 Å². The van der Waals surface area contributed by atoms with Gasteiger partial charge in [-0.3, -0.25) is 4.98 Å². The molecular formula is C11H8BrN5. The zero-order valence-corrected chi connectivity index (χ0v) is 10.3. The van der Waals surface area contributed by atoms with Crippen LogP contribution in [0.3, 0.4) is 0 Å². The molecule has 0 saturated carbocycles. The van der Waals surface area contributed by atoms with Gasteiger partial charge in [-0.15, -0.1) is 5.10 Å². The maximum absolute atomic E-state index is 5.74. The van der Waals surface area contributed by atoms with Crippen LogP contribution in [0.1, 0.15) is 0 Å². The van der Waals surface area contributed by atoms with Crippen LogP contribution in [-0.4, -0.2) is 19.6 Å². The number of nitrogen functional groups attached to an aromatic ring is 1.